The Labute approximate surface area is 113 Å². The molecule has 0 unspecified atom stereocenters. The van der Waals surface area contributed by atoms with Crippen LogP contribution in [0, 0.1) is 10.1 Å². The van der Waals surface area contributed by atoms with Crippen molar-refractivity contribution >= 4 is 22.0 Å². The third kappa shape index (κ3) is 2.08. The summed E-state index contributed by atoms with van der Waals surface area (Å²) in [7, 11) is 1.53. The molecule has 0 radical (unpaired) electrons. The molecule has 0 saturated heterocycles. The van der Waals surface area contributed by atoms with Crippen molar-refractivity contribution in [1.82, 2.24) is 0 Å². The van der Waals surface area contributed by atoms with E-state index in [0.29, 0.717) is 17.1 Å². The number of rotatable bonds is 2. The van der Waals surface area contributed by atoms with Gasteiger partial charge in [0, 0.05) is 16.1 Å². The molecule has 0 aromatic heterocycles. The molecule has 5 nitrogen and oxygen atoms in total. The van der Waals surface area contributed by atoms with Gasteiger partial charge < -0.3 is 9.47 Å². The molecule has 1 aliphatic rings. The lowest BCUT2D eigenvalue weighted by Crippen LogP contribution is -2.36. The third-order valence-corrected chi connectivity index (χ3v) is 3.19. The Hall–Kier alpha value is -1.56. The molecule has 1 aromatic rings. The molecule has 18 heavy (non-hydrogen) atoms. The van der Waals surface area contributed by atoms with E-state index in [0.717, 1.165) is 4.47 Å². The first-order chi connectivity index (χ1) is 8.35. The highest BCUT2D eigenvalue weighted by Gasteiger charge is 2.40. The number of fused-ring (bicyclic) bond motifs is 1. The van der Waals surface area contributed by atoms with Crippen LogP contribution < -0.4 is 9.47 Å². The van der Waals surface area contributed by atoms with E-state index in [2.05, 4.69) is 15.9 Å². The number of nitro groups is 1. The summed E-state index contributed by atoms with van der Waals surface area (Å²) < 4.78 is 11.7. The monoisotopic (exact) mass is 313 g/mol. The number of benzene rings is 1. The summed E-state index contributed by atoms with van der Waals surface area (Å²) in [5.74, 6) is 1.07. The number of methoxy groups -OCH3 is 1. The highest BCUT2D eigenvalue weighted by atomic mass is 79.9. The van der Waals surface area contributed by atoms with Crippen LogP contribution in [0.2, 0.25) is 0 Å². The van der Waals surface area contributed by atoms with Gasteiger partial charge in [-0.15, -0.1) is 0 Å². The zero-order chi connectivity index (χ0) is 13.5. The molecule has 0 saturated carbocycles. The molecule has 2 rings (SSSR count). The fourth-order valence-corrected chi connectivity index (χ4v) is 2.31. The SMILES string of the molecule is COc1cc(Br)cc2c1OC(C)(C)C([N+](=O)[O-])=C2. The highest BCUT2D eigenvalue weighted by molar-refractivity contribution is 9.10. The Kier molecular flexibility index (Phi) is 3.06. The molecule has 1 heterocycles. The van der Waals surface area contributed by atoms with Crippen molar-refractivity contribution in [2.24, 2.45) is 0 Å². The number of halogens is 1. The lowest BCUT2D eigenvalue weighted by molar-refractivity contribution is -0.439. The van der Waals surface area contributed by atoms with Gasteiger partial charge in [0.2, 0.25) is 0 Å². The summed E-state index contributed by atoms with van der Waals surface area (Å²) in [5.41, 5.74) is -0.333. The van der Waals surface area contributed by atoms with E-state index in [1.807, 2.05) is 0 Å². The van der Waals surface area contributed by atoms with Gasteiger partial charge in [0.1, 0.15) is 0 Å². The second-order valence-corrected chi connectivity index (χ2v) is 5.34. The molecule has 0 fully saturated rings. The summed E-state index contributed by atoms with van der Waals surface area (Å²) in [6.45, 7) is 3.32. The maximum Gasteiger partial charge on any atom is 0.289 e. The number of hydrogen-bond acceptors (Lipinski definition) is 4. The fraction of sp³-hybridized carbons (Fsp3) is 0.333. The van der Waals surface area contributed by atoms with E-state index in [4.69, 9.17) is 9.47 Å². The van der Waals surface area contributed by atoms with Gasteiger partial charge in [-0.2, -0.15) is 0 Å². The molecule has 0 amide bonds. The highest BCUT2D eigenvalue weighted by Crippen LogP contribution is 2.43. The van der Waals surface area contributed by atoms with Crippen LogP contribution in [0.3, 0.4) is 0 Å². The molecule has 0 N–H and O–H groups in total. The largest absolute Gasteiger partial charge is 0.493 e. The fourth-order valence-electron chi connectivity index (χ4n) is 1.86. The van der Waals surface area contributed by atoms with Crippen molar-refractivity contribution in [3.8, 4) is 11.5 Å². The Morgan fingerprint density at radius 1 is 1.44 bits per heavy atom. The van der Waals surface area contributed by atoms with Crippen molar-refractivity contribution in [2.45, 2.75) is 19.4 Å². The second kappa shape index (κ2) is 4.28. The summed E-state index contributed by atoms with van der Waals surface area (Å²) in [6.07, 6.45) is 1.52. The Morgan fingerprint density at radius 2 is 2.11 bits per heavy atom. The molecular formula is C12H12BrNO4. The van der Waals surface area contributed by atoms with E-state index in [1.54, 1.807) is 26.0 Å². The van der Waals surface area contributed by atoms with Crippen molar-refractivity contribution in [2.75, 3.05) is 7.11 Å². The van der Waals surface area contributed by atoms with E-state index in [9.17, 15) is 10.1 Å². The molecule has 0 spiro atoms. The van der Waals surface area contributed by atoms with E-state index in [-0.39, 0.29) is 5.70 Å². The Bertz CT molecular complexity index is 551. The van der Waals surface area contributed by atoms with Crippen LogP contribution in [0.25, 0.3) is 6.08 Å². The number of ether oxygens (including phenoxy) is 2. The Morgan fingerprint density at radius 3 is 2.67 bits per heavy atom. The molecule has 0 bridgehead atoms. The first kappa shape index (κ1) is 12.9. The molecular weight excluding hydrogens is 302 g/mol. The van der Waals surface area contributed by atoms with Crippen molar-refractivity contribution in [3.05, 3.63) is 38.0 Å². The quantitative estimate of drug-likeness (QED) is 0.621. The maximum atomic E-state index is 11.0. The van der Waals surface area contributed by atoms with Gasteiger partial charge in [-0.1, -0.05) is 15.9 Å². The van der Waals surface area contributed by atoms with E-state index in [1.165, 1.54) is 13.2 Å². The summed E-state index contributed by atoms with van der Waals surface area (Å²) in [4.78, 5) is 10.6. The smallest absolute Gasteiger partial charge is 0.289 e. The number of hydrogen-bond donors (Lipinski definition) is 0. The molecule has 6 heteroatoms. The van der Waals surface area contributed by atoms with Gasteiger partial charge in [0.15, 0.2) is 17.1 Å². The third-order valence-electron chi connectivity index (χ3n) is 2.73. The average molecular weight is 314 g/mol. The predicted octanol–water partition coefficient (Wildman–Crippen LogP) is 3.25. The second-order valence-electron chi connectivity index (χ2n) is 4.43. The van der Waals surface area contributed by atoms with Crippen LogP contribution in [-0.2, 0) is 0 Å². The molecule has 1 aliphatic heterocycles. The zero-order valence-corrected chi connectivity index (χ0v) is 11.8. The van der Waals surface area contributed by atoms with Crippen LogP contribution in [-0.4, -0.2) is 17.6 Å². The van der Waals surface area contributed by atoms with Crippen LogP contribution in [0.4, 0.5) is 0 Å². The summed E-state index contributed by atoms with van der Waals surface area (Å²) in [5, 5.41) is 11.0. The van der Waals surface area contributed by atoms with Crippen LogP contribution in [0.5, 0.6) is 11.5 Å². The van der Waals surface area contributed by atoms with Gasteiger partial charge in [0.05, 0.1) is 12.0 Å². The van der Waals surface area contributed by atoms with Crippen LogP contribution in [0.1, 0.15) is 19.4 Å². The minimum atomic E-state index is -0.988. The molecule has 0 atom stereocenters. The molecule has 0 aliphatic carbocycles. The first-order valence-electron chi connectivity index (χ1n) is 5.28. The van der Waals surface area contributed by atoms with Gasteiger partial charge >= 0.3 is 0 Å². The lowest BCUT2D eigenvalue weighted by Gasteiger charge is -2.29. The van der Waals surface area contributed by atoms with E-state index >= 15 is 0 Å². The molecule has 96 valence electrons. The van der Waals surface area contributed by atoms with Crippen molar-refractivity contribution in [3.63, 3.8) is 0 Å². The zero-order valence-electron chi connectivity index (χ0n) is 10.2. The normalized spacial score (nSPS) is 16.3. The van der Waals surface area contributed by atoms with Crippen LogP contribution >= 0.6 is 15.9 Å². The predicted molar refractivity (Wildman–Crippen MR) is 70.4 cm³/mol. The minimum absolute atomic E-state index is 0.0233. The van der Waals surface area contributed by atoms with E-state index < -0.39 is 10.5 Å². The number of nitrogens with zero attached hydrogens (tertiary/aromatic N) is 1. The van der Waals surface area contributed by atoms with Gasteiger partial charge in [-0.25, -0.2) is 0 Å². The standard InChI is InChI=1S/C12H12BrNO4/c1-12(2)10(14(15)16)5-7-4-8(13)6-9(17-3)11(7)18-12/h4-6H,1-3H3. The van der Waals surface area contributed by atoms with Crippen molar-refractivity contribution < 1.29 is 14.4 Å². The van der Waals surface area contributed by atoms with Crippen LogP contribution in [0.15, 0.2) is 22.3 Å². The topological polar surface area (TPSA) is 61.6 Å². The van der Waals surface area contributed by atoms with Gasteiger partial charge in [-0.3, -0.25) is 10.1 Å². The Balaban J connectivity index is 2.66. The summed E-state index contributed by atoms with van der Waals surface area (Å²) in [6, 6.07) is 3.52. The first-order valence-corrected chi connectivity index (χ1v) is 6.07. The maximum absolute atomic E-state index is 11.0. The van der Waals surface area contributed by atoms with Gasteiger partial charge in [0.25, 0.3) is 5.70 Å². The average Bonchev–Trinajstić information content (AvgIpc) is 2.26. The minimum Gasteiger partial charge on any atom is -0.493 e. The summed E-state index contributed by atoms with van der Waals surface area (Å²) >= 11 is 3.33. The lowest BCUT2D eigenvalue weighted by atomic mass is 9.98. The van der Waals surface area contributed by atoms with Gasteiger partial charge in [-0.05, 0) is 26.0 Å². The molecule has 1 aromatic carbocycles. The van der Waals surface area contributed by atoms with Crippen molar-refractivity contribution in [1.29, 1.82) is 0 Å².